The van der Waals surface area contributed by atoms with Gasteiger partial charge in [-0.05, 0) is 35.9 Å². The van der Waals surface area contributed by atoms with Gasteiger partial charge in [0.1, 0.15) is 23.9 Å². The second kappa shape index (κ2) is 6.76. The second-order valence-electron chi connectivity index (χ2n) is 4.53. The molecule has 0 aliphatic heterocycles. The van der Waals surface area contributed by atoms with Gasteiger partial charge in [-0.2, -0.15) is 0 Å². The van der Waals surface area contributed by atoms with Crippen LogP contribution in [0.5, 0.6) is 11.5 Å². The summed E-state index contributed by atoms with van der Waals surface area (Å²) in [6.45, 7) is 0.317. The lowest BCUT2D eigenvalue weighted by Crippen LogP contribution is -2.12. The number of hydrogen-bond acceptors (Lipinski definition) is 4. The molecule has 0 aliphatic rings. The topological polar surface area (TPSA) is 88.6 Å². The Morgan fingerprint density at radius 1 is 1.19 bits per heavy atom. The molecule has 0 atom stereocenters. The Morgan fingerprint density at radius 3 is 2.48 bits per heavy atom. The van der Waals surface area contributed by atoms with E-state index in [-0.39, 0.29) is 12.4 Å². The van der Waals surface area contributed by atoms with Crippen LogP contribution in [0.1, 0.15) is 16.7 Å². The van der Waals surface area contributed by atoms with E-state index in [2.05, 4.69) is 0 Å². The van der Waals surface area contributed by atoms with Crippen LogP contribution >= 0.6 is 0 Å². The summed E-state index contributed by atoms with van der Waals surface area (Å²) in [5.41, 5.74) is 7.77. The summed E-state index contributed by atoms with van der Waals surface area (Å²) in [4.78, 5) is 0. The molecule has 21 heavy (non-hydrogen) atoms. The number of ether oxygens (including phenoxy) is 2. The van der Waals surface area contributed by atoms with E-state index in [0.29, 0.717) is 23.7 Å². The van der Waals surface area contributed by atoms with E-state index in [9.17, 15) is 0 Å². The molecule has 0 spiro atoms. The number of aliphatic hydroxyl groups is 1. The monoisotopic (exact) mass is 286 g/mol. The minimum Gasteiger partial charge on any atom is -0.496 e. The van der Waals surface area contributed by atoms with Gasteiger partial charge in [0.05, 0.1) is 13.7 Å². The summed E-state index contributed by atoms with van der Waals surface area (Å²) in [6.07, 6.45) is 0. The number of hydrogen-bond donors (Lipinski definition) is 3. The van der Waals surface area contributed by atoms with Crippen LogP contribution in [0.3, 0.4) is 0 Å². The van der Waals surface area contributed by atoms with E-state index < -0.39 is 0 Å². The van der Waals surface area contributed by atoms with Crippen LogP contribution < -0.4 is 15.2 Å². The minimum atomic E-state index is 0.00574. The highest BCUT2D eigenvalue weighted by Crippen LogP contribution is 2.22. The SMILES string of the molecule is COc1ccc(C(=N)N)cc1COc1ccc(CO)cc1. The van der Waals surface area contributed by atoms with Crippen molar-refractivity contribution < 1.29 is 14.6 Å². The van der Waals surface area contributed by atoms with Crippen molar-refractivity contribution in [1.29, 1.82) is 5.41 Å². The van der Waals surface area contributed by atoms with Gasteiger partial charge in [-0.25, -0.2) is 0 Å². The Balaban J connectivity index is 2.13. The Kier molecular flexibility index (Phi) is 4.79. The summed E-state index contributed by atoms with van der Waals surface area (Å²) in [7, 11) is 1.59. The van der Waals surface area contributed by atoms with E-state index in [1.54, 1.807) is 49.6 Å². The minimum absolute atomic E-state index is 0.00574. The number of nitrogens with two attached hydrogens (primary N) is 1. The fraction of sp³-hybridized carbons (Fsp3) is 0.188. The van der Waals surface area contributed by atoms with Gasteiger partial charge in [-0.15, -0.1) is 0 Å². The predicted molar refractivity (Wildman–Crippen MR) is 80.7 cm³/mol. The molecular weight excluding hydrogens is 268 g/mol. The quantitative estimate of drug-likeness (QED) is 0.560. The highest BCUT2D eigenvalue weighted by Gasteiger charge is 2.07. The first-order valence-electron chi connectivity index (χ1n) is 6.48. The molecule has 2 aromatic rings. The van der Waals surface area contributed by atoms with Gasteiger partial charge in [0.2, 0.25) is 0 Å². The van der Waals surface area contributed by atoms with Crippen LogP contribution in [0, 0.1) is 5.41 Å². The molecule has 0 bridgehead atoms. The van der Waals surface area contributed by atoms with Gasteiger partial charge in [-0.3, -0.25) is 5.41 Å². The molecule has 0 fully saturated rings. The second-order valence-corrected chi connectivity index (χ2v) is 4.53. The van der Waals surface area contributed by atoms with Crippen molar-refractivity contribution in [3.05, 3.63) is 59.2 Å². The molecule has 0 heterocycles. The van der Waals surface area contributed by atoms with Crippen molar-refractivity contribution in [2.75, 3.05) is 7.11 Å². The molecular formula is C16H18N2O3. The maximum absolute atomic E-state index is 9.00. The lowest BCUT2D eigenvalue weighted by Gasteiger charge is -2.12. The largest absolute Gasteiger partial charge is 0.496 e. The third-order valence-corrected chi connectivity index (χ3v) is 3.09. The van der Waals surface area contributed by atoms with E-state index in [1.165, 1.54) is 0 Å². The van der Waals surface area contributed by atoms with Gasteiger partial charge >= 0.3 is 0 Å². The lowest BCUT2D eigenvalue weighted by atomic mass is 10.1. The fourth-order valence-corrected chi connectivity index (χ4v) is 1.91. The fourth-order valence-electron chi connectivity index (χ4n) is 1.91. The van der Waals surface area contributed by atoms with E-state index in [1.807, 2.05) is 0 Å². The summed E-state index contributed by atoms with van der Waals surface area (Å²) in [5.74, 6) is 1.39. The number of rotatable bonds is 6. The van der Waals surface area contributed by atoms with Crippen LogP contribution in [0.4, 0.5) is 0 Å². The number of amidine groups is 1. The highest BCUT2D eigenvalue weighted by molar-refractivity contribution is 5.95. The number of methoxy groups -OCH3 is 1. The normalized spacial score (nSPS) is 10.2. The molecule has 4 N–H and O–H groups in total. The van der Waals surface area contributed by atoms with Gasteiger partial charge < -0.3 is 20.3 Å². The molecule has 5 nitrogen and oxygen atoms in total. The summed E-state index contributed by atoms with van der Waals surface area (Å²) < 4.78 is 11.0. The van der Waals surface area contributed by atoms with Crippen LogP contribution in [0.2, 0.25) is 0 Å². The number of nitrogen functional groups attached to an aromatic ring is 1. The summed E-state index contributed by atoms with van der Waals surface area (Å²) in [5, 5.41) is 16.5. The van der Waals surface area contributed by atoms with Crippen molar-refractivity contribution in [2.45, 2.75) is 13.2 Å². The Labute approximate surface area is 123 Å². The van der Waals surface area contributed by atoms with Crippen molar-refractivity contribution in [3.63, 3.8) is 0 Å². The molecule has 0 unspecified atom stereocenters. The van der Waals surface area contributed by atoms with Crippen LogP contribution in [-0.4, -0.2) is 18.1 Å². The maximum atomic E-state index is 9.00. The van der Waals surface area contributed by atoms with Gasteiger partial charge in [0, 0.05) is 11.1 Å². The standard InChI is InChI=1S/C16H18N2O3/c1-20-15-7-4-12(16(17)18)8-13(15)10-21-14-5-2-11(9-19)3-6-14/h2-8,19H,9-10H2,1H3,(H3,17,18). The summed E-state index contributed by atoms with van der Waals surface area (Å²) in [6, 6.07) is 12.5. The van der Waals surface area contributed by atoms with Crippen LogP contribution in [0.15, 0.2) is 42.5 Å². The zero-order valence-corrected chi connectivity index (χ0v) is 11.8. The van der Waals surface area contributed by atoms with Gasteiger partial charge in [-0.1, -0.05) is 12.1 Å². The Bertz CT molecular complexity index is 624. The number of benzene rings is 2. The molecule has 110 valence electrons. The maximum Gasteiger partial charge on any atom is 0.125 e. The first-order chi connectivity index (χ1) is 10.1. The third kappa shape index (κ3) is 3.73. The van der Waals surface area contributed by atoms with Crippen LogP contribution in [-0.2, 0) is 13.2 Å². The van der Waals surface area contributed by atoms with Crippen molar-refractivity contribution in [1.82, 2.24) is 0 Å². The summed E-state index contributed by atoms with van der Waals surface area (Å²) >= 11 is 0. The molecule has 0 saturated carbocycles. The zero-order chi connectivity index (χ0) is 15.2. The van der Waals surface area contributed by atoms with Gasteiger partial charge in [0.15, 0.2) is 0 Å². The predicted octanol–water partition coefficient (Wildman–Crippen LogP) is 2.05. The van der Waals surface area contributed by atoms with E-state index in [0.717, 1.165) is 11.1 Å². The molecule has 0 aromatic heterocycles. The molecule has 0 amide bonds. The first-order valence-corrected chi connectivity index (χ1v) is 6.48. The van der Waals surface area contributed by atoms with E-state index >= 15 is 0 Å². The first kappa shape index (κ1) is 14.9. The van der Waals surface area contributed by atoms with Crippen molar-refractivity contribution >= 4 is 5.84 Å². The highest BCUT2D eigenvalue weighted by atomic mass is 16.5. The third-order valence-electron chi connectivity index (χ3n) is 3.09. The van der Waals surface area contributed by atoms with Gasteiger partial charge in [0.25, 0.3) is 0 Å². The zero-order valence-electron chi connectivity index (χ0n) is 11.8. The lowest BCUT2D eigenvalue weighted by molar-refractivity contribution is 0.280. The molecule has 0 radical (unpaired) electrons. The molecule has 0 aliphatic carbocycles. The smallest absolute Gasteiger partial charge is 0.125 e. The van der Waals surface area contributed by atoms with E-state index in [4.69, 9.17) is 25.7 Å². The molecule has 2 aromatic carbocycles. The van der Waals surface area contributed by atoms with Crippen molar-refractivity contribution in [2.24, 2.45) is 5.73 Å². The molecule has 2 rings (SSSR count). The van der Waals surface area contributed by atoms with Crippen molar-refractivity contribution in [3.8, 4) is 11.5 Å². The Morgan fingerprint density at radius 2 is 1.90 bits per heavy atom. The van der Waals surface area contributed by atoms with Crippen LogP contribution in [0.25, 0.3) is 0 Å². The number of nitrogens with one attached hydrogen (secondary N) is 1. The Hall–Kier alpha value is -2.53. The average Bonchev–Trinajstić information content (AvgIpc) is 2.53. The average molecular weight is 286 g/mol. The molecule has 5 heteroatoms. The number of aliphatic hydroxyl groups excluding tert-OH is 1. The molecule has 0 saturated heterocycles.